The van der Waals surface area contributed by atoms with Gasteiger partial charge in [-0.2, -0.15) is 0 Å². The molecule has 1 unspecified atom stereocenters. The number of ether oxygens (including phenoxy) is 2. The van der Waals surface area contributed by atoms with Gasteiger partial charge in [0.1, 0.15) is 4.88 Å². The van der Waals surface area contributed by atoms with Crippen molar-refractivity contribution < 1.29 is 19.1 Å². The number of carbonyl (C=O) groups is 2. The number of carbonyl (C=O) groups excluding carboxylic acids is 2. The summed E-state index contributed by atoms with van der Waals surface area (Å²) in [7, 11) is 1.61. The number of piperidine rings is 1. The molecule has 0 bridgehead atoms. The van der Waals surface area contributed by atoms with E-state index in [0.29, 0.717) is 48.3 Å². The minimum atomic E-state index is -0.354. The zero-order valence-electron chi connectivity index (χ0n) is 17.5. The Kier molecular flexibility index (Phi) is 7.32. The maximum Gasteiger partial charge on any atom is 0.350 e. The fourth-order valence-electron chi connectivity index (χ4n) is 3.36. The number of methoxy groups -OCH3 is 1. The number of thiazole rings is 1. The number of aromatic amines is 1. The average molecular weight is 456 g/mol. The lowest BCUT2D eigenvalue weighted by Gasteiger charge is -2.37. The van der Waals surface area contributed by atoms with Gasteiger partial charge in [-0.05, 0) is 26.7 Å². The van der Waals surface area contributed by atoms with Gasteiger partial charge in [0.25, 0.3) is 5.91 Å². The maximum atomic E-state index is 12.6. The quantitative estimate of drug-likeness (QED) is 0.617. The topological polar surface area (TPSA) is 109 Å². The van der Waals surface area contributed by atoms with Crippen LogP contribution in [0.1, 0.15) is 51.9 Å². The van der Waals surface area contributed by atoms with Crippen LogP contribution in [0.2, 0.25) is 5.15 Å². The second-order valence-corrected chi connectivity index (χ2v) is 8.26. The Labute approximate surface area is 184 Å². The zero-order chi connectivity index (χ0) is 21.8. The number of rotatable bonds is 7. The van der Waals surface area contributed by atoms with Crippen LogP contribution in [0.4, 0.5) is 5.13 Å². The Bertz CT molecular complexity index is 915. The Morgan fingerprint density at radius 1 is 1.37 bits per heavy atom. The average Bonchev–Trinajstić information content (AvgIpc) is 3.31. The van der Waals surface area contributed by atoms with E-state index in [1.807, 2.05) is 6.92 Å². The van der Waals surface area contributed by atoms with Crippen molar-refractivity contribution in [3.05, 3.63) is 27.2 Å². The SMILES string of the molecule is CCOC(=O)c1sc(N2CCC(NC(=O)c3nc(Cl)c(CC)[nH]3)[C@@H](OC)C2)nc1C. The summed E-state index contributed by atoms with van der Waals surface area (Å²) in [6, 6.07) is -0.182. The number of anilines is 1. The van der Waals surface area contributed by atoms with Gasteiger partial charge in [0.05, 0.1) is 30.1 Å². The Hall–Kier alpha value is -2.17. The monoisotopic (exact) mass is 455 g/mol. The predicted molar refractivity (Wildman–Crippen MR) is 115 cm³/mol. The highest BCUT2D eigenvalue weighted by molar-refractivity contribution is 7.17. The first kappa shape index (κ1) is 22.5. The second-order valence-electron chi connectivity index (χ2n) is 6.93. The van der Waals surface area contributed by atoms with E-state index in [1.165, 1.54) is 11.3 Å². The van der Waals surface area contributed by atoms with Gasteiger partial charge in [-0.15, -0.1) is 0 Å². The number of nitrogens with zero attached hydrogens (tertiary/aromatic N) is 3. The van der Waals surface area contributed by atoms with Crippen LogP contribution in [0.15, 0.2) is 0 Å². The summed E-state index contributed by atoms with van der Waals surface area (Å²) < 4.78 is 10.7. The highest BCUT2D eigenvalue weighted by Gasteiger charge is 2.33. The first-order chi connectivity index (χ1) is 14.4. The second kappa shape index (κ2) is 9.76. The van der Waals surface area contributed by atoms with Crippen LogP contribution in [0.25, 0.3) is 0 Å². The van der Waals surface area contributed by atoms with Crippen LogP contribution in [0.3, 0.4) is 0 Å². The van der Waals surface area contributed by atoms with E-state index in [4.69, 9.17) is 21.1 Å². The van der Waals surface area contributed by atoms with Crippen LogP contribution in [-0.2, 0) is 15.9 Å². The van der Waals surface area contributed by atoms with Gasteiger partial charge < -0.3 is 24.7 Å². The van der Waals surface area contributed by atoms with Gasteiger partial charge >= 0.3 is 5.97 Å². The number of esters is 1. The molecule has 0 aromatic carbocycles. The van der Waals surface area contributed by atoms with Crippen LogP contribution in [0.5, 0.6) is 0 Å². The van der Waals surface area contributed by atoms with E-state index < -0.39 is 0 Å². The van der Waals surface area contributed by atoms with Crippen LogP contribution < -0.4 is 10.2 Å². The first-order valence-corrected chi connectivity index (χ1v) is 11.0. The van der Waals surface area contributed by atoms with Crippen molar-refractivity contribution in [3.8, 4) is 0 Å². The number of aromatic nitrogens is 3. The first-order valence-electron chi connectivity index (χ1n) is 9.85. The molecule has 0 radical (unpaired) electrons. The smallest absolute Gasteiger partial charge is 0.350 e. The number of H-pyrrole nitrogens is 1. The van der Waals surface area contributed by atoms with E-state index in [-0.39, 0.29) is 29.8 Å². The van der Waals surface area contributed by atoms with Gasteiger partial charge in [-0.25, -0.2) is 14.8 Å². The summed E-state index contributed by atoms with van der Waals surface area (Å²) in [5.41, 5.74) is 1.38. The number of amides is 1. The Balaban J connectivity index is 1.67. The Morgan fingerprint density at radius 3 is 2.77 bits per heavy atom. The minimum absolute atomic E-state index is 0.182. The molecule has 1 amide bonds. The van der Waals surface area contributed by atoms with Crippen molar-refractivity contribution in [1.82, 2.24) is 20.3 Å². The highest BCUT2D eigenvalue weighted by atomic mass is 35.5. The summed E-state index contributed by atoms with van der Waals surface area (Å²) >= 11 is 7.35. The molecular weight excluding hydrogens is 430 g/mol. The number of nitrogens with one attached hydrogen (secondary N) is 2. The van der Waals surface area contributed by atoms with Crippen molar-refractivity contribution in [2.24, 2.45) is 0 Å². The normalized spacial score (nSPS) is 19.0. The molecule has 1 aliphatic rings. The lowest BCUT2D eigenvalue weighted by Crippen LogP contribution is -2.55. The lowest BCUT2D eigenvalue weighted by molar-refractivity contribution is 0.0530. The molecule has 1 aliphatic heterocycles. The minimum Gasteiger partial charge on any atom is -0.462 e. The van der Waals surface area contributed by atoms with Gasteiger partial charge in [0.2, 0.25) is 0 Å². The molecule has 2 aromatic rings. The van der Waals surface area contributed by atoms with Crippen molar-refractivity contribution in [2.75, 3.05) is 31.7 Å². The van der Waals surface area contributed by atoms with Crippen molar-refractivity contribution in [1.29, 1.82) is 0 Å². The molecule has 11 heteroatoms. The number of hydrogen-bond acceptors (Lipinski definition) is 8. The number of hydrogen-bond donors (Lipinski definition) is 2. The van der Waals surface area contributed by atoms with Gasteiger partial charge in [-0.1, -0.05) is 29.9 Å². The van der Waals surface area contributed by atoms with Crippen LogP contribution in [0, 0.1) is 6.92 Å². The van der Waals surface area contributed by atoms with Gasteiger partial charge in [0.15, 0.2) is 16.1 Å². The van der Waals surface area contributed by atoms with Gasteiger partial charge in [0, 0.05) is 20.2 Å². The molecule has 3 heterocycles. The highest BCUT2D eigenvalue weighted by Crippen LogP contribution is 2.29. The van der Waals surface area contributed by atoms with Crippen LogP contribution in [-0.4, -0.2) is 65.8 Å². The third-order valence-electron chi connectivity index (χ3n) is 4.99. The predicted octanol–water partition coefficient (Wildman–Crippen LogP) is 2.59. The molecule has 0 spiro atoms. The lowest BCUT2D eigenvalue weighted by atomic mass is 10.0. The molecule has 2 aromatic heterocycles. The van der Waals surface area contributed by atoms with Gasteiger partial charge in [-0.3, -0.25) is 4.79 Å². The molecule has 30 heavy (non-hydrogen) atoms. The molecule has 0 saturated carbocycles. The third-order valence-corrected chi connectivity index (χ3v) is 6.50. The standard InChI is InChI=1S/C19H26ClN5O4S/c1-5-11-15(20)24-16(22-11)17(26)23-12-7-8-25(9-13(12)28-4)19-21-10(3)14(30-19)18(27)29-6-2/h12-13H,5-9H2,1-4H3,(H,22,24)(H,23,26)/t12?,13-/m0/s1. The summed E-state index contributed by atoms with van der Waals surface area (Å²) in [5, 5.41) is 4.05. The molecule has 2 atom stereocenters. The molecule has 164 valence electrons. The molecular formula is C19H26ClN5O4S. The fourth-order valence-corrected chi connectivity index (χ4v) is 4.63. The molecule has 1 fully saturated rings. The summed E-state index contributed by atoms with van der Waals surface area (Å²) in [4.78, 5) is 38.8. The molecule has 2 N–H and O–H groups in total. The molecule has 3 rings (SSSR count). The number of imidazole rings is 1. The van der Waals surface area contributed by atoms with E-state index in [0.717, 1.165) is 10.8 Å². The fraction of sp³-hybridized carbons (Fsp3) is 0.579. The number of aryl methyl sites for hydroxylation is 2. The largest absolute Gasteiger partial charge is 0.462 e. The summed E-state index contributed by atoms with van der Waals surface area (Å²) in [5.74, 6) is -0.469. The Morgan fingerprint density at radius 2 is 2.13 bits per heavy atom. The van der Waals surface area contributed by atoms with E-state index in [9.17, 15) is 9.59 Å². The van der Waals surface area contributed by atoms with E-state index in [2.05, 4.69) is 25.2 Å². The van der Waals surface area contributed by atoms with Crippen molar-refractivity contribution >= 4 is 39.9 Å². The van der Waals surface area contributed by atoms with Crippen LogP contribution >= 0.6 is 22.9 Å². The third kappa shape index (κ3) is 4.76. The summed E-state index contributed by atoms with van der Waals surface area (Å²) in [6.45, 7) is 7.03. The molecule has 1 saturated heterocycles. The van der Waals surface area contributed by atoms with Crippen molar-refractivity contribution in [3.63, 3.8) is 0 Å². The van der Waals surface area contributed by atoms with Crippen molar-refractivity contribution in [2.45, 2.75) is 45.8 Å². The van der Waals surface area contributed by atoms with E-state index in [1.54, 1.807) is 21.0 Å². The van der Waals surface area contributed by atoms with E-state index >= 15 is 0 Å². The molecule has 9 nitrogen and oxygen atoms in total. The molecule has 0 aliphatic carbocycles. The zero-order valence-corrected chi connectivity index (χ0v) is 19.0. The summed E-state index contributed by atoms with van der Waals surface area (Å²) in [6.07, 6.45) is 1.08. The number of halogens is 1. The maximum absolute atomic E-state index is 12.6.